The maximum Gasteiger partial charge on any atom is 0.104 e. The highest BCUT2D eigenvalue weighted by Crippen LogP contribution is 2.31. The second kappa shape index (κ2) is 5.78. The minimum atomic E-state index is -0.862. The van der Waals surface area contributed by atoms with Gasteiger partial charge in [0.1, 0.15) is 5.60 Å². The number of hydrogen-bond acceptors (Lipinski definition) is 3. The zero-order valence-electron chi connectivity index (χ0n) is 12.4. The van der Waals surface area contributed by atoms with Crippen LogP contribution in [0.3, 0.4) is 0 Å². The standard InChI is InChI=1S/C18H22N2O/c1-18(21,15-8-3-2-4-9-15)14-20-13-7-12-19-16-10-5-6-11-17(16)20/h2-6,8-11,19,21H,7,12-14H2,1H3. The lowest BCUT2D eigenvalue weighted by Crippen LogP contribution is -2.39. The Morgan fingerprint density at radius 2 is 1.81 bits per heavy atom. The Kier molecular flexibility index (Phi) is 3.84. The van der Waals surface area contributed by atoms with Crippen LogP contribution in [-0.2, 0) is 5.60 Å². The van der Waals surface area contributed by atoms with Crippen LogP contribution in [0, 0.1) is 0 Å². The normalized spacial score (nSPS) is 17.3. The molecule has 3 nitrogen and oxygen atoms in total. The first-order valence-electron chi connectivity index (χ1n) is 7.52. The summed E-state index contributed by atoms with van der Waals surface area (Å²) in [7, 11) is 0. The van der Waals surface area contributed by atoms with Crippen LogP contribution in [0.5, 0.6) is 0 Å². The molecule has 0 spiro atoms. The summed E-state index contributed by atoms with van der Waals surface area (Å²) >= 11 is 0. The lowest BCUT2D eigenvalue weighted by Gasteiger charge is -2.33. The third-order valence-electron chi connectivity index (χ3n) is 4.06. The molecule has 1 atom stereocenters. The topological polar surface area (TPSA) is 35.5 Å². The number of aliphatic hydroxyl groups is 1. The van der Waals surface area contributed by atoms with Crippen LogP contribution in [-0.4, -0.2) is 24.7 Å². The summed E-state index contributed by atoms with van der Waals surface area (Å²) in [5.41, 5.74) is 2.42. The summed E-state index contributed by atoms with van der Waals surface area (Å²) < 4.78 is 0. The maximum absolute atomic E-state index is 10.9. The number of anilines is 2. The Morgan fingerprint density at radius 1 is 1.10 bits per heavy atom. The summed E-state index contributed by atoms with van der Waals surface area (Å²) in [6.45, 7) is 4.41. The van der Waals surface area contributed by atoms with Gasteiger partial charge in [0, 0.05) is 13.1 Å². The van der Waals surface area contributed by atoms with E-state index in [-0.39, 0.29) is 0 Å². The van der Waals surface area contributed by atoms with Gasteiger partial charge in [0.2, 0.25) is 0 Å². The highest BCUT2D eigenvalue weighted by Gasteiger charge is 2.27. The molecule has 3 heteroatoms. The van der Waals surface area contributed by atoms with E-state index in [4.69, 9.17) is 0 Å². The van der Waals surface area contributed by atoms with Crippen LogP contribution in [0.4, 0.5) is 11.4 Å². The first-order chi connectivity index (χ1) is 10.2. The van der Waals surface area contributed by atoms with Crippen LogP contribution in [0.2, 0.25) is 0 Å². The third kappa shape index (κ3) is 3.03. The second-order valence-electron chi connectivity index (χ2n) is 5.86. The van der Waals surface area contributed by atoms with Crippen LogP contribution in [0.25, 0.3) is 0 Å². The number of β-amino-alcohol motifs (C(OH)–C–C–N with tert-alkyl or cyclic N) is 1. The van der Waals surface area contributed by atoms with E-state index in [1.807, 2.05) is 43.3 Å². The fourth-order valence-electron chi connectivity index (χ4n) is 2.94. The smallest absolute Gasteiger partial charge is 0.104 e. The van der Waals surface area contributed by atoms with E-state index in [0.717, 1.165) is 30.8 Å². The minimum Gasteiger partial charge on any atom is -0.384 e. The van der Waals surface area contributed by atoms with Crippen molar-refractivity contribution in [3.05, 3.63) is 60.2 Å². The number of benzene rings is 2. The van der Waals surface area contributed by atoms with Crippen molar-refractivity contribution < 1.29 is 5.11 Å². The molecule has 1 aliphatic rings. The van der Waals surface area contributed by atoms with E-state index >= 15 is 0 Å². The third-order valence-corrected chi connectivity index (χ3v) is 4.06. The molecular weight excluding hydrogens is 260 g/mol. The van der Waals surface area contributed by atoms with E-state index in [1.165, 1.54) is 5.69 Å². The summed E-state index contributed by atoms with van der Waals surface area (Å²) in [5.74, 6) is 0. The van der Waals surface area contributed by atoms with Crippen molar-refractivity contribution in [3.8, 4) is 0 Å². The van der Waals surface area contributed by atoms with Crippen molar-refractivity contribution in [1.29, 1.82) is 0 Å². The molecule has 1 unspecified atom stereocenters. The molecule has 0 saturated heterocycles. The van der Waals surface area contributed by atoms with E-state index in [9.17, 15) is 5.11 Å². The molecule has 21 heavy (non-hydrogen) atoms. The molecule has 2 aromatic carbocycles. The molecular formula is C18H22N2O. The number of nitrogens with one attached hydrogen (secondary N) is 1. The molecule has 0 aliphatic carbocycles. The molecule has 2 aromatic rings. The fraction of sp³-hybridized carbons (Fsp3) is 0.333. The van der Waals surface area contributed by atoms with Crippen molar-refractivity contribution in [2.45, 2.75) is 18.9 Å². The Balaban J connectivity index is 1.87. The van der Waals surface area contributed by atoms with Gasteiger partial charge in [0.25, 0.3) is 0 Å². The number of para-hydroxylation sites is 2. The zero-order chi connectivity index (χ0) is 14.7. The van der Waals surface area contributed by atoms with Crippen molar-refractivity contribution in [2.24, 2.45) is 0 Å². The average molecular weight is 282 g/mol. The van der Waals surface area contributed by atoms with E-state index in [1.54, 1.807) is 0 Å². The van der Waals surface area contributed by atoms with Gasteiger partial charge in [-0.1, -0.05) is 42.5 Å². The first-order valence-corrected chi connectivity index (χ1v) is 7.52. The molecule has 1 aliphatic heterocycles. The van der Waals surface area contributed by atoms with Crippen LogP contribution >= 0.6 is 0 Å². The predicted molar refractivity (Wildman–Crippen MR) is 87.8 cm³/mol. The van der Waals surface area contributed by atoms with Gasteiger partial charge in [0.15, 0.2) is 0 Å². The van der Waals surface area contributed by atoms with Gasteiger partial charge < -0.3 is 15.3 Å². The van der Waals surface area contributed by atoms with Gasteiger partial charge in [-0.3, -0.25) is 0 Å². The van der Waals surface area contributed by atoms with Crippen LogP contribution in [0.1, 0.15) is 18.9 Å². The van der Waals surface area contributed by atoms with Crippen molar-refractivity contribution in [2.75, 3.05) is 29.9 Å². The van der Waals surface area contributed by atoms with E-state index in [2.05, 4.69) is 28.4 Å². The molecule has 3 rings (SSSR count). The predicted octanol–water partition coefficient (Wildman–Crippen LogP) is 3.22. The highest BCUT2D eigenvalue weighted by atomic mass is 16.3. The Morgan fingerprint density at radius 3 is 2.62 bits per heavy atom. The van der Waals surface area contributed by atoms with Crippen LogP contribution in [0.15, 0.2) is 54.6 Å². The Hall–Kier alpha value is -2.00. The van der Waals surface area contributed by atoms with Crippen molar-refractivity contribution >= 4 is 11.4 Å². The lowest BCUT2D eigenvalue weighted by molar-refractivity contribution is 0.0645. The number of rotatable bonds is 3. The van der Waals surface area contributed by atoms with Gasteiger partial charge in [-0.05, 0) is 31.0 Å². The molecule has 110 valence electrons. The van der Waals surface area contributed by atoms with Gasteiger partial charge in [-0.15, -0.1) is 0 Å². The van der Waals surface area contributed by atoms with Gasteiger partial charge in [-0.2, -0.15) is 0 Å². The quantitative estimate of drug-likeness (QED) is 0.907. The Labute approximate surface area is 126 Å². The Bertz CT molecular complexity index is 595. The molecule has 0 amide bonds. The first kappa shape index (κ1) is 14.0. The van der Waals surface area contributed by atoms with Crippen molar-refractivity contribution in [1.82, 2.24) is 0 Å². The zero-order valence-corrected chi connectivity index (χ0v) is 12.4. The van der Waals surface area contributed by atoms with Gasteiger partial charge >= 0.3 is 0 Å². The molecule has 0 radical (unpaired) electrons. The summed E-state index contributed by atoms with van der Waals surface area (Å²) in [4.78, 5) is 2.28. The summed E-state index contributed by atoms with van der Waals surface area (Å²) in [6.07, 6.45) is 1.07. The molecule has 0 fully saturated rings. The number of hydrogen-bond donors (Lipinski definition) is 2. The van der Waals surface area contributed by atoms with Gasteiger partial charge in [-0.25, -0.2) is 0 Å². The summed E-state index contributed by atoms with van der Waals surface area (Å²) in [6, 6.07) is 18.2. The lowest BCUT2D eigenvalue weighted by atomic mass is 9.95. The van der Waals surface area contributed by atoms with Crippen LogP contribution < -0.4 is 10.2 Å². The monoisotopic (exact) mass is 282 g/mol. The molecule has 0 aromatic heterocycles. The van der Waals surface area contributed by atoms with Crippen molar-refractivity contribution in [3.63, 3.8) is 0 Å². The SMILES string of the molecule is CC(O)(CN1CCCNc2ccccc21)c1ccccc1. The minimum absolute atomic E-state index is 0.593. The fourth-order valence-corrected chi connectivity index (χ4v) is 2.94. The number of nitrogens with zero attached hydrogens (tertiary/aromatic N) is 1. The van der Waals surface area contributed by atoms with E-state index < -0.39 is 5.60 Å². The largest absolute Gasteiger partial charge is 0.384 e. The summed E-state index contributed by atoms with van der Waals surface area (Å²) in [5, 5.41) is 14.4. The molecule has 0 bridgehead atoms. The highest BCUT2D eigenvalue weighted by molar-refractivity contribution is 5.70. The van der Waals surface area contributed by atoms with E-state index in [0.29, 0.717) is 6.54 Å². The second-order valence-corrected chi connectivity index (χ2v) is 5.86. The molecule has 0 saturated carbocycles. The molecule has 2 N–H and O–H groups in total. The average Bonchev–Trinajstić information content (AvgIpc) is 2.71. The number of fused-ring (bicyclic) bond motifs is 1. The molecule has 1 heterocycles. The maximum atomic E-state index is 10.9. The van der Waals surface area contributed by atoms with Gasteiger partial charge in [0.05, 0.1) is 17.9 Å².